The molecule has 64 valence electrons. The van der Waals surface area contributed by atoms with Crippen LogP contribution in [0.25, 0.3) is 0 Å². The first-order valence-corrected chi connectivity index (χ1v) is 3.90. The summed E-state index contributed by atoms with van der Waals surface area (Å²) in [5, 5.41) is 19.6. The number of nitriles is 2. The molecule has 0 rings (SSSR count). The largest absolute Gasteiger partial charge is 1.00 e. The Morgan fingerprint density at radius 1 is 0.929 bits per heavy atom. The van der Waals surface area contributed by atoms with Gasteiger partial charge in [0.2, 0.25) is 0 Å². The molecule has 4 nitrogen and oxygen atoms in total. The quantitative estimate of drug-likeness (QED) is 0.151. The average molecular weight is 313 g/mol. The molecular weight excluding hydrogens is 311 g/mol. The van der Waals surface area contributed by atoms with Crippen molar-refractivity contribution >= 4 is 58.3 Å². The maximum Gasteiger partial charge on any atom is 1.00 e. The molecule has 0 aliphatic rings. The van der Waals surface area contributed by atoms with Crippen molar-refractivity contribution < 1.29 is 103 Å². The average Bonchev–Trinajstić information content (AvgIpc) is 1.87. The smallest absolute Gasteiger partial charge is 0.410 e. The van der Waals surface area contributed by atoms with Crippen molar-refractivity contribution in [2.24, 2.45) is 0 Å². The minimum atomic E-state index is 0. The van der Waals surface area contributed by atoms with E-state index in [9.17, 15) is 0 Å². The van der Waals surface area contributed by atoms with E-state index >= 15 is 0 Å². The molecular formula is C4H2K2N4S4. The summed E-state index contributed by atoms with van der Waals surface area (Å²) in [7, 11) is 0. The van der Waals surface area contributed by atoms with Crippen molar-refractivity contribution in [3.63, 3.8) is 0 Å². The number of rotatable bonds is 0. The van der Waals surface area contributed by atoms with Gasteiger partial charge in [-0.3, -0.25) is 0 Å². The van der Waals surface area contributed by atoms with Gasteiger partial charge in [0, 0.05) is 0 Å². The Labute approximate surface area is 190 Å². The van der Waals surface area contributed by atoms with Crippen LogP contribution >= 0.6 is 24.4 Å². The van der Waals surface area contributed by atoms with E-state index in [-0.39, 0.29) is 111 Å². The van der Waals surface area contributed by atoms with Crippen LogP contribution in [-0.2, 0) is 25.3 Å². The van der Waals surface area contributed by atoms with Crippen LogP contribution in [0.4, 0.5) is 0 Å². The second kappa shape index (κ2) is 20.8. The van der Waals surface area contributed by atoms with E-state index in [1.165, 1.54) is 0 Å². The molecule has 2 N–H and O–H groups in total. The predicted octanol–water partition coefficient (Wildman–Crippen LogP) is -6.21. The molecule has 0 saturated heterocycles. The van der Waals surface area contributed by atoms with E-state index in [2.05, 4.69) is 60.3 Å². The molecule has 0 aliphatic heterocycles. The molecule has 0 saturated carbocycles. The topological polar surface area (TPSA) is 71.6 Å². The number of hydrogen-bond acceptors (Lipinski definition) is 6. The molecule has 10 heteroatoms. The molecule has 0 spiro atoms. The monoisotopic (exact) mass is 312 g/mol. The van der Waals surface area contributed by atoms with Crippen molar-refractivity contribution in [3.8, 4) is 12.4 Å². The molecule has 0 aromatic heterocycles. The zero-order chi connectivity index (χ0) is 9.98. The van der Waals surface area contributed by atoms with E-state index in [4.69, 9.17) is 10.5 Å². The summed E-state index contributed by atoms with van der Waals surface area (Å²) in [6, 6.07) is 0. The molecule has 0 unspecified atom stereocenters. The minimum Gasteiger partial charge on any atom is -0.410 e. The van der Waals surface area contributed by atoms with Gasteiger partial charge in [0.05, 0.1) is 0 Å². The second-order valence-corrected chi connectivity index (χ2v) is 3.20. The summed E-state index contributed by atoms with van der Waals surface area (Å²) in [6.45, 7) is 0. The van der Waals surface area contributed by atoms with Gasteiger partial charge in [-0.05, 0) is 0 Å². The van der Waals surface area contributed by atoms with E-state index in [1.54, 1.807) is 12.4 Å². The number of nitrogens with one attached hydrogen (secondary N) is 2. The van der Waals surface area contributed by atoms with Gasteiger partial charge in [-0.1, -0.05) is 8.64 Å². The van der Waals surface area contributed by atoms with Crippen LogP contribution in [0.2, 0.25) is 0 Å². The summed E-state index contributed by atoms with van der Waals surface area (Å²) in [4.78, 5) is 0. The standard InChI is InChI=1S/2C2H2N2S2.2K/c2*3-1-4-2(5)6;;/h2*(H2,4,5,6);;/q;;2*+1/p-2. The van der Waals surface area contributed by atoms with Crippen molar-refractivity contribution in [2.75, 3.05) is 0 Å². The van der Waals surface area contributed by atoms with Gasteiger partial charge in [-0.2, -0.15) is 10.5 Å². The molecule has 0 radical (unpaired) electrons. The normalized spacial score (nSPS) is 5.00. The molecule has 0 heterocycles. The second-order valence-electron chi connectivity index (χ2n) is 1.05. The Bertz CT molecular complexity index is 219. The Kier molecular flexibility index (Phi) is 37.7. The Morgan fingerprint density at radius 2 is 1.14 bits per heavy atom. The molecule has 0 fully saturated rings. The van der Waals surface area contributed by atoms with Crippen LogP contribution in [-0.4, -0.2) is 8.64 Å². The molecule has 0 bridgehead atoms. The van der Waals surface area contributed by atoms with Gasteiger partial charge < -0.3 is 60.3 Å². The van der Waals surface area contributed by atoms with Crippen LogP contribution < -0.4 is 113 Å². The minimum absolute atomic E-state index is 0. The van der Waals surface area contributed by atoms with E-state index in [1.807, 2.05) is 0 Å². The summed E-state index contributed by atoms with van der Waals surface area (Å²) >= 11 is 17.1. The van der Waals surface area contributed by atoms with Crippen molar-refractivity contribution in [3.05, 3.63) is 0 Å². The van der Waals surface area contributed by atoms with Gasteiger partial charge in [-0.15, -0.1) is 0 Å². The molecule has 0 aromatic carbocycles. The third-order valence-electron chi connectivity index (χ3n) is 0.316. The summed E-state index contributed by atoms with van der Waals surface area (Å²) in [6.07, 6.45) is 3.14. The first kappa shape index (κ1) is 25.3. The first-order chi connectivity index (χ1) is 5.54. The molecule has 0 aromatic rings. The van der Waals surface area contributed by atoms with Crippen LogP contribution in [0.15, 0.2) is 0 Å². The Morgan fingerprint density at radius 3 is 1.14 bits per heavy atom. The summed E-state index contributed by atoms with van der Waals surface area (Å²) in [5.74, 6) is 0. The van der Waals surface area contributed by atoms with Crippen molar-refractivity contribution in [1.29, 1.82) is 10.5 Å². The summed E-state index contributed by atoms with van der Waals surface area (Å²) < 4.78 is 0.190. The van der Waals surface area contributed by atoms with E-state index in [0.29, 0.717) is 0 Å². The third-order valence-corrected chi connectivity index (χ3v) is 0.724. The van der Waals surface area contributed by atoms with E-state index < -0.39 is 0 Å². The van der Waals surface area contributed by atoms with Crippen LogP contribution in [0, 0.1) is 22.9 Å². The fraction of sp³-hybridized carbons (Fsp3) is 0. The van der Waals surface area contributed by atoms with Gasteiger partial charge >= 0.3 is 103 Å². The van der Waals surface area contributed by atoms with Crippen LogP contribution in [0.3, 0.4) is 0 Å². The Balaban J connectivity index is -0.0000000625. The van der Waals surface area contributed by atoms with Crippen molar-refractivity contribution in [1.82, 2.24) is 10.6 Å². The fourth-order valence-corrected chi connectivity index (χ4v) is 0.274. The molecule has 14 heavy (non-hydrogen) atoms. The van der Waals surface area contributed by atoms with Gasteiger partial charge in [0.15, 0.2) is 12.4 Å². The predicted molar refractivity (Wildman–Crippen MR) is 57.4 cm³/mol. The van der Waals surface area contributed by atoms with E-state index in [0.717, 1.165) is 0 Å². The zero-order valence-corrected chi connectivity index (χ0v) is 17.0. The Hall–Kier alpha value is 2.47. The SMILES string of the molecule is N#CNC(=S)[S-].N#CNC(=S)[S-].[K+].[K+]. The number of hydrogen-bond donors (Lipinski definition) is 2. The maximum absolute atomic E-state index is 7.72. The number of nitrogens with zero attached hydrogens (tertiary/aromatic N) is 2. The summed E-state index contributed by atoms with van der Waals surface area (Å²) in [5.41, 5.74) is 0. The zero-order valence-electron chi connectivity index (χ0n) is 7.53. The van der Waals surface area contributed by atoms with Gasteiger partial charge in [0.1, 0.15) is 0 Å². The molecule has 0 amide bonds. The first-order valence-electron chi connectivity index (χ1n) is 2.26. The molecule has 0 atom stereocenters. The van der Waals surface area contributed by atoms with Gasteiger partial charge in [0.25, 0.3) is 0 Å². The number of thiocarbonyl (C=S) groups is 2. The maximum atomic E-state index is 7.72. The van der Waals surface area contributed by atoms with Crippen LogP contribution in [0.5, 0.6) is 0 Å². The van der Waals surface area contributed by atoms with Crippen LogP contribution in [0.1, 0.15) is 0 Å². The fourth-order valence-electron chi connectivity index (χ4n) is 0.0913. The van der Waals surface area contributed by atoms with Gasteiger partial charge in [-0.25, -0.2) is 0 Å². The molecule has 0 aliphatic carbocycles. The van der Waals surface area contributed by atoms with Crippen molar-refractivity contribution in [2.45, 2.75) is 0 Å². The third kappa shape index (κ3) is 36.6.